The van der Waals surface area contributed by atoms with Gasteiger partial charge < -0.3 is 5.32 Å². The van der Waals surface area contributed by atoms with Crippen molar-refractivity contribution in [2.75, 3.05) is 0 Å². The molecule has 0 bridgehead atoms. The smallest absolute Gasteiger partial charge is 0.123 e. The first kappa shape index (κ1) is 14.3. The SMILES string of the molecule is Fc1ccc(Cl)c(CNCc2cccc(CCl)c2)c1. The first-order chi connectivity index (χ1) is 9.19. The lowest BCUT2D eigenvalue weighted by Crippen LogP contribution is -2.13. The number of hydrogen-bond acceptors (Lipinski definition) is 1. The van der Waals surface area contributed by atoms with Crippen molar-refractivity contribution in [1.29, 1.82) is 0 Å². The Morgan fingerprint density at radius 3 is 2.58 bits per heavy atom. The summed E-state index contributed by atoms with van der Waals surface area (Å²) in [4.78, 5) is 0. The summed E-state index contributed by atoms with van der Waals surface area (Å²) in [6.07, 6.45) is 0. The summed E-state index contributed by atoms with van der Waals surface area (Å²) in [5, 5.41) is 3.82. The van der Waals surface area contributed by atoms with Crippen molar-refractivity contribution in [3.8, 4) is 0 Å². The van der Waals surface area contributed by atoms with Gasteiger partial charge in [0.15, 0.2) is 0 Å². The second-order valence-corrected chi connectivity index (χ2v) is 4.97. The molecule has 0 aliphatic heterocycles. The predicted molar refractivity (Wildman–Crippen MR) is 78.0 cm³/mol. The van der Waals surface area contributed by atoms with E-state index in [4.69, 9.17) is 23.2 Å². The summed E-state index contributed by atoms with van der Waals surface area (Å²) >= 11 is 11.8. The molecule has 1 nitrogen and oxygen atoms in total. The van der Waals surface area contributed by atoms with Gasteiger partial charge in [-0.1, -0.05) is 35.9 Å². The minimum absolute atomic E-state index is 0.273. The first-order valence-electron chi connectivity index (χ1n) is 5.97. The van der Waals surface area contributed by atoms with Crippen LogP contribution in [0.15, 0.2) is 42.5 Å². The lowest BCUT2D eigenvalue weighted by Gasteiger charge is -2.08. The Bertz CT molecular complexity index is 558. The maximum absolute atomic E-state index is 13.1. The molecule has 0 aliphatic carbocycles. The second kappa shape index (κ2) is 6.90. The topological polar surface area (TPSA) is 12.0 Å². The monoisotopic (exact) mass is 297 g/mol. The van der Waals surface area contributed by atoms with E-state index in [1.54, 1.807) is 6.07 Å². The lowest BCUT2D eigenvalue weighted by atomic mass is 10.1. The molecule has 0 radical (unpaired) electrons. The molecular formula is C15H14Cl2FN. The minimum atomic E-state index is -0.273. The van der Waals surface area contributed by atoms with Crippen LogP contribution < -0.4 is 5.32 Å². The number of hydrogen-bond donors (Lipinski definition) is 1. The van der Waals surface area contributed by atoms with Gasteiger partial charge in [0, 0.05) is 24.0 Å². The van der Waals surface area contributed by atoms with Crippen molar-refractivity contribution in [2.24, 2.45) is 0 Å². The summed E-state index contributed by atoms with van der Waals surface area (Å²) in [5.41, 5.74) is 2.99. The van der Waals surface area contributed by atoms with E-state index in [0.717, 1.165) is 16.7 Å². The molecule has 19 heavy (non-hydrogen) atoms. The average molecular weight is 298 g/mol. The maximum Gasteiger partial charge on any atom is 0.123 e. The Morgan fingerprint density at radius 1 is 1.00 bits per heavy atom. The van der Waals surface area contributed by atoms with Gasteiger partial charge >= 0.3 is 0 Å². The molecule has 0 heterocycles. The quantitative estimate of drug-likeness (QED) is 0.801. The highest BCUT2D eigenvalue weighted by Crippen LogP contribution is 2.17. The molecule has 2 aromatic rings. The summed E-state index contributed by atoms with van der Waals surface area (Å²) in [6.45, 7) is 1.22. The van der Waals surface area contributed by atoms with E-state index in [1.807, 2.05) is 24.3 Å². The third-order valence-corrected chi connectivity index (χ3v) is 3.48. The van der Waals surface area contributed by atoms with Crippen molar-refractivity contribution in [3.05, 3.63) is 70.0 Å². The molecule has 0 aliphatic rings. The van der Waals surface area contributed by atoms with Gasteiger partial charge in [-0.15, -0.1) is 11.6 Å². The van der Waals surface area contributed by atoms with Gasteiger partial charge in [-0.25, -0.2) is 4.39 Å². The fraction of sp³-hybridized carbons (Fsp3) is 0.200. The molecule has 0 aromatic heterocycles. The fourth-order valence-electron chi connectivity index (χ4n) is 1.84. The Morgan fingerprint density at radius 2 is 1.79 bits per heavy atom. The van der Waals surface area contributed by atoms with Crippen molar-refractivity contribution in [2.45, 2.75) is 19.0 Å². The Kier molecular flexibility index (Phi) is 5.20. The highest BCUT2D eigenvalue weighted by atomic mass is 35.5. The van der Waals surface area contributed by atoms with Gasteiger partial charge in [0.2, 0.25) is 0 Å². The van der Waals surface area contributed by atoms with E-state index in [1.165, 1.54) is 12.1 Å². The summed E-state index contributed by atoms with van der Waals surface area (Å²) in [6, 6.07) is 12.4. The largest absolute Gasteiger partial charge is 0.309 e. The zero-order valence-corrected chi connectivity index (χ0v) is 11.8. The Labute approximate surface area is 122 Å². The van der Waals surface area contributed by atoms with E-state index in [-0.39, 0.29) is 5.82 Å². The molecule has 0 unspecified atom stereocenters. The fourth-order valence-corrected chi connectivity index (χ4v) is 2.19. The van der Waals surface area contributed by atoms with Crippen molar-refractivity contribution < 1.29 is 4.39 Å². The average Bonchev–Trinajstić information content (AvgIpc) is 2.43. The Hall–Kier alpha value is -1.09. The second-order valence-electron chi connectivity index (χ2n) is 4.29. The third-order valence-electron chi connectivity index (χ3n) is 2.80. The van der Waals surface area contributed by atoms with Gasteiger partial charge in [-0.3, -0.25) is 0 Å². The lowest BCUT2D eigenvalue weighted by molar-refractivity contribution is 0.620. The van der Waals surface area contributed by atoms with Gasteiger partial charge in [0.1, 0.15) is 5.82 Å². The molecule has 0 spiro atoms. The number of rotatable bonds is 5. The molecule has 1 N–H and O–H groups in total. The van der Waals surface area contributed by atoms with E-state index < -0.39 is 0 Å². The summed E-state index contributed by atoms with van der Waals surface area (Å²) in [5.74, 6) is 0.231. The van der Waals surface area contributed by atoms with Gasteiger partial charge in [-0.2, -0.15) is 0 Å². The van der Waals surface area contributed by atoms with Crippen LogP contribution in [-0.4, -0.2) is 0 Å². The molecule has 0 amide bonds. The molecular weight excluding hydrogens is 284 g/mol. The molecule has 0 atom stereocenters. The molecule has 100 valence electrons. The van der Waals surface area contributed by atoms with Gasteiger partial charge in [-0.05, 0) is 34.9 Å². The van der Waals surface area contributed by atoms with Crippen LogP contribution in [0.5, 0.6) is 0 Å². The normalized spacial score (nSPS) is 10.7. The summed E-state index contributed by atoms with van der Waals surface area (Å²) < 4.78 is 13.1. The minimum Gasteiger partial charge on any atom is -0.309 e. The van der Waals surface area contributed by atoms with Crippen LogP contribution in [0.25, 0.3) is 0 Å². The van der Waals surface area contributed by atoms with Crippen LogP contribution in [0.2, 0.25) is 5.02 Å². The highest BCUT2D eigenvalue weighted by molar-refractivity contribution is 6.31. The number of nitrogens with one attached hydrogen (secondary N) is 1. The number of benzene rings is 2. The van der Waals surface area contributed by atoms with Crippen molar-refractivity contribution in [3.63, 3.8) is 0 Å². The molecule has 0 saturated heterocycles. The zero-order chi connectivity index (χ0) is 13.7. The third kappa shape index (κ3) is 4.20. The number of alkyl halides is 1. The standard InChI is InChI=1S/C15H14Cl2FN/c16-8-11-2-1-3-12(6-11)9-19-10-13-7-14(18)4-5-15(13)17/h1-7,19H,8-10H2. The van der Waals surface area contributed by atoms with Crippen LogP contribution in [0.1, 0.15) is 16.7 Å². The summed E-state index contributed by atoms with van der Waals surface area (Å²) in [7, 11) is 0. The maximum atomic E-state index is 13.1. The van der Waals surface area contributed by atoms with E-state index >= 15 is 0 Å². The first-order valence-corrected chi connectivity index (χ1v) is 6.88. The molecule has 0 fully saturated rings. The van der Waals surface area contributed by atoms with Crippen LogP contribution in [0.4, 0.5) is 4.39 Å². The molecule has 2 aromatic carbocycles. The zero-order valence-electron chi connectivity index (χ0n) is 10.3. The molecule has 4 heteroatoms. The van der Waals surface area contributed by atoms with Crippen molar-refractivity contribution in [1.82, 2.24) is 5.32 Å². The Balaban J connectivity index is 1.94. The van der Waals surface area contributed by atoms with Crippen LogP contribution >= 0.6 is 23.2 Å². The van der Waals surface area contributed by atoms with Gasteiger partial charge in [0.05, 0.1) is 0 Å². The molecule has 0 saturated carbocycles. The van der Waals surface area contributed by atoms with Crippen LogP contribution in [0, 0.1) is 5.82 Å². The van der Waals surface area contributed by atoms with Gasteiger partial charge in [0.25, 0.3) is 0 Å². The van der Waals surface area contributed by atoms with E-state index in [2.05, 4.69) is 5.32 Å². The van der Waals surface area contributed by atoms with E-state index in [0.29, 0.717) is 24.0 Å². The number of halogens is 3. The predicted octanol–water partition coefficient (Wildman–Crippen LogP) is 4.51. The molecule has 2 rings (SSSR count). The van der Waals surface area contributed by atoms with Crippen molar-refractivity contribution >= 4 is 23.2 Å². The van der Waals surface area contributed by atoms with Crippen LogP contribution in [-0.2, 0) is 19.0 Å². The highest BCUT2D eigenvalue weighted by Gasteiger charge is 2.02. The van der Waals surface area contributed by atoms with E-state index in [9.17, 15) is 4.39 Å². The van der Waals surface area contributed by atoms with Crippen LogP contribution in [0.3, 0.4) is 0 Å².